The standard InChI is InChI=1S/C3H4ClF3O/c4-2(6)3(7)8-1-5/h2-3H,1H2. The van der Waals surface area contributed by atoms with Crippen LogP contribution >= 0.6 is 11.6 Å². The molecule has 0 aromatic carbocycles. The fourth-order valence-corrected chi connectivity index (χ4v) is 0.206. The van der Waals surface area contributed by atoms with Gasteiger partial charge in [0.15, 0.2) is 6.86 Å². The van der Waals surface area contributed by atoms with E-state index in [4.69, 9.17) is 0 Å². The van der Waals surface area contributed by atoms with E-state index in [2.05, 4.69) is 16.3 Å². The Bertz CT molecular complexity index is 60.5. The topological polar surface area (TPSA) is 9.23 Å². The molecular weight excluding hydrogens is 144 g/mol. The van der Waals surface area contributed by atoms with Crippen molar-refractivity contribution in [2.75, 3.05) is 6.86 Å². The number of rotatable bonds is 3. The maximum atomic E-state index is 11.6. The van der Waals surface area contributed by atoms with Crippen molar-refractivity contribution < 1.29 is 17.9 Å². The lowest BCUT2D eigenvalue weighted by Crippen LogP contribution is -2.14. The summed E-state index contributed by atoms with van der Waals surface area (Å²) in [6.07, 6.45) is -2.36. The summed E-state index contributed by atoms with van der Waals surface area (Å²) in [7, 11) is 0. The predicted octanol–water partition coefficient (Wildman–Crippen LogP) is 1.76. The first-order valence-electron chi connectivity index (χ1n) is 1.78. The van der Waals surface area contributed by atoms with E-state index in [1.165, 1.54) is 0 Å². The van der Waals surface area contributed by atoms with E-state index in [1.807, 2.05) is 0 Å². The highest BCUT2D eigenvalue weighted by atomic mass is 35.5. The van der Waals surface area contributed by atoms with Gasteiger partial charge in [0.25, 0.3) is 0 Å². The van der Waals surface area contributed by atoms with E-state index in [1.54, 1.807) is 0 Å². The van der Waals surface area contributed by atoms with Gasteiger partial charge in [0.05, 0.1) is 0 Å². The Kier molecular flexibility index (Phi) is 3.99. The van der Waals surface area contributed by atoms with Crippen LogP contribution in [0, 0.1) is 0 Å². The van der Waals surface area contributed by atoms with Crippen LogP contribution in [0.25, 0.3) is 0 Å². The molecule has 0 bridgehead atoms. The molecule has 0 radical (unpaired) electrons. The fourth-order valence-electron chi connectivity index (χ4n) is 0.133. The maximum Gasteiger partial charge on any atom is 0.246 e. The van der Waals surface area contributed by atoms with Crippen molar-refractivity contribution in [2.24, 2.45) is 0 Å². The minimum atomic E-state index is -2.36. The second-order valence-electron chi connectivity index (χ2n) is 0.961. The number of hydrogen-bond donors (Lipinski definition) is 0. The molecule has 0 aliphatic heterocycles. The van der Waals surface area contributed by atoms with Gasteiger partial charge >= 0.3 is 0 Å². The highest BCUT2D eigenvalue weighted by molar-refractivity contribution is 6.19. The molecule has 0 saturated heterocycles. The van der Waals surface area contributed by atoms with Crippen LogP contribution in [0.3, 0.4) is 0 Å². The Morgan fingerprint density at radius 2 is 2.00 bits per heavy atom. The van der Waals surface area contributed by atoms with Gasteiger partial charge in [-0.25, -0.2) is 13.2 Å². The molecule has 0 aliphatic carbocycles. The Morgan fingerprint density at radius 1 is 1.50 bits per heavy atom. The van der Waals surface area contributed by atoms with Crippen LogP contribution in [0.5, 0.6) is 0 Å². The summed E-state index contributed by atoms with van der Waals surface area (Å²) in [5.74, 6) is 0. The van der Waals surface area contributed by atoms with E-state index in [0.717, 1.165) is 0 Å². The van der Waals surface area contributed by atoms with Gasteiger partial charge in [-0.05, 0) is 0 Å². The van der Waals surface area contributed by atoms with E-state index in [9.17, 15) is 13.2 Å². The molecule has 8 heavy (non-hydrogen) atoms. The van der Waals surface area contributed by atoms with E-state index < -0.39 is 18.8 Å². The zero-order valence-electron chi connectivity index (χ0n) is 3.78. The Hall–Kier alpha value is 0.0400. The first kappa shape index (κ1) is 8.04. The quantitative estimate of drug-likeness (QED) is 0.554. The zero-order valence-corrected chi connectivity index (χ0v) is 4.54. The van der Waals surface area contributed by atoms with Gasteiger partial charge in [-0.3, -0.25) is 0 Å². The molecule has 0 rings (SSSR count). The average molecular weight is 149 g/mol. The Balaban J connectivity index is 3.17. The van der Waals surface area contributed by atoms with Gasteiger partial charge in [-0.1, -0.05) is 11.6 Å². The third-order valence-corrected chi connectivity index (χ3v) is 0.618. The molecule has 0 saturated carbocycles. The third kappa shape index (κ3) is 3.10. The molecule has 0 heterocycles. The van der Waals surface area contributed by atoms with Crippen molar-refractivity contribution >= 4 is 11.6 Å². The molecule has 0 spiro atoms. The van der Waals surface area contributed by atoms with Gasteiger partial charge in [0.1, 0.15) is 0 Å². The monoisotopic (exact) mass is 148 g/mol. The molecule has 1 nitrogen and oxygen atoms in total. The second kappa shape index (κ2) is 3.97. The summed E-state index contributed by atoms with van der Waals surface area (Å²) in [6.45, 7) is -1.37. The fraction of sp³-hybridized carbons (Fsp3) is 1.00. The summed E-state index contributed by atoms with van der Waals surface area (Å²) in [6, 6.07) is 0. The highest BCUT2D eigenvalue weighted by Gasteiger charge is 2.16. The van der Waals surface area contributed by atoms with Gasteiger partial charge in [0.2, 0.25) is 12.0 Å². The minimum absolute atomic E-state index is 1.37. The molecule has 0 aromatic rings. The number of alkyl halides is 4. The van der Waals surface area contributed by atoms with Gasteiger partial charge < -0.3 is 4.74 Å². The smallest absolute Gasteiger partial charge is 0.246 e. The van der Waals surface area contributed by atoms with Gasteiger partial charge in [-0.2, -0.15) is 0 Å². The summed E-state index contributed by atoms with van der Waals surface area (Å²) in [5.41, 5.74) is -2.29. The SMILES string of the molecule is FCOC(F)C(F)Cl. The molecule has 0 amide bonds. The molecule has 2 atom stereocenters. The molecule has 0 aliphatic rings. The minimum Gasteiger partial charge on any atom is -0.313 e. The number of ether oxygens (including phenoxy) is 1. The van der Waals surface area contributed by atoms with Crippen LogP contribution in [0.2, 0.25) is 0 Å². The maximum absolute atomic E-state index is 11.6. The van der Waals surface area contributed by atoms with E-state index >= 15 is 0 Å². The predicted molar refractivity (Wildman–Crippen MR) is 22.7 cm³/mol. The molecule has 5 heteroatoms. The van der Waals surface area contributed by atoms with Crippen molar-refractivity contribution in [1.82, 2.24) is 0 Å². The van der Waals surface area contributed by atoms with Crippen LogP contribution in [-0.2, 0) is 4.74 Å². The molecule has 2 unspecified atom stereocenters. The van der Waals surface area contributed by atoms with Crippen LogP contribution in [-0.4, -0.2) is 18.8 Å². The van der Waals surface area contributed by atoms with Crippen molar-refractivity contribution in [3.63, 3.8) is 0 Å². The molecular formula is C3H4ClF3O. The van der Waals surface area contributed by atoms with Crippen LogP contribution in [0.1, 0.15) is 0 Å². The molecule has 50 valence electrons. The summed E-state index contributed by atoms with van der Waals surface area (Å²) in [4.78, 5) is 0. The number of hydrogen-bond acceptors (Lipinski definition) is 1. The molecule has 0 N–H and O–H groups in total. The third-order valence-electron chi connectivity index (χ3n) is 0.420. The molecule has 0 aromatic heterocycles. The van der Waals surface area contributed by atoms with E-state index in [0.29, 0.717) is 0 Å². The lowest BCUT2D eigenvalue weighted by molar-refractivity contribution is -0.0967. The largest absolute Gasteiger partial charge is 0.313 e. The van der Waals surface area contributed by atoms with Crippen LogP contribution < -0.4 is 0 Å². The summed E-state index contributed by atoms with van der Waals surface area (Å²) in [5, 5.41) is 0. The lowest BCUT2D eigenvalue weighted by atomic mass is 10.8. The van der Waals surface area contributed by atoms with Crippen molar-refractivity contribution in [1.29, 1.82) is 0 Å². The Labute approximate surface area is 49.4 Å². The normalized spacial score (nSPS) is 18.0. The molecule has 0 fully saturated rings. The van der Waals surface area contributed by atoms with Gasteiger partial charge in [0, 0.05) is 0 Å². The zero-order chi connectivity index (χ0) is 6.57. The van der Waals surface area contributed by atoms with E-state index in [-0.39, 0.29) is 0 Å². The van der Waals surface area contributed by atoms with Crippen LogP contribution in [0.4, 0.5) is 13.2 Å². The van der Waals surface area contributed by atoms with Crippen molar-refractivity contribution in [3.8, 4) is 0 Å². The van der Waals surface area contributed by atoms with Gasteiger partial charge in [-0.15, -0.1) is 0 Å². The average Bonchev–Trinajstić information content (AvgIpc) is 1.67. The van der Waals surface area contributed by atoms with Crippen LogP contribution in [0.15, 0.2) is 0 Å². The summed E-state index contributed by atoms with van der Waals surface area (Å²) >= 11 is 4.47. The summed E-state index contributed by atoms with van der Waals surface area (Å²) < 4.78 is 37.3. The first-order chi connectivity index (χ1) is 3.68. The van der Waals surface area contributed by atoms with Crippen molar-refractivity contribution in [3.05, 3.63) is 0 Å². The first-order valence-corrected chi connectivity index (χ1v) is 2.22. The number of halogens is 4. The van der Waals surface area contributed by atoms with Crippen molar-refractivity contribution in [2.45, 2.75) is 12.0 Å². The lowest BCUT2D eigenvalue weighted by Gasteiger charge is -2.03. The second-order valence-corrected chi connectivity index (χ2v) is 1.38. The Morgan fingerprint density at radius 3 is 2.12 bits per heavy atom. The highest BCUT2D eigenvalue weighted by Crippen LogP contribution is 2.08.